The number of rotatable bonds is 5. The van der Waals surface area contributed by atoms with E-state index in [0.29, 0.717) is 26.2 Å². The standard InChI is InChI=1S/C19H32N6O3/c1-5-14(6-2)17(26)24-9-7-8-19(12-24)13-25-16(11-28-19)15(21-22-25)10-20-18(27)23(3)4/h14H,5-13H2,1-4H3,(H,20,27). The lowest BCUT2D eigenvalue weighted by Crippen LogP contribution is -2.56. The molecule has 0 aromatic carbocycles. The first-order valence-corrected chi connectivity index (χ1v) is 10.2. The Bertz CT molecular complexity index is 715. The van der Waals surface area contributed by atoms with Crippen LogP contribution in [0.3, 0.4) is 0 Å². The van der Waals surface area contributed by atoms with E-state index in [9.17, 15) is 9.59 Å². The SMILES string of the molecule is CCC(CC)C(=O)N1CCCC2(C1)Cn1nnc(CNC(=O)N(C)C)c1CO2. The molecule has 0 saturated carbocycles. The number of hydrogen-bond donors (Lipinski definition) is 1. The number of aromatic nitrogens is 3. The molecule has 1 aromatic rings. The van der Waals surface area contributed by atoms with Gasteiger partial charge in [-0.1, -0.05) is 19.1 Å². The predicted molar refractivity (Wildman–Crippen MR) is 103 cm³/mol. The monoisotopic (exact) mass is 392 g/mol. The number of amides is 3. The topological polar surface area (TPSA) is 92.6 Å². The van der Waals surface area contributed by atoms with Gasteiger partial charge in [-0.3, -0.25) is 4.79 Å². The van der Waals surface area contributed by atoms with Crippen molar-refractivity contribution in [3.05, 3.63) is 11.4 Å². The number of likely N-dealkylation sites (tertiary alicyclic amines) is 1. The van der Waals surface area contributed by atoms with Gasteiger partial charge in [-0.05, 0) is 25.7 Å². The van der Waals surface area contributed by atoms with E-state index in [0.717, 1.165) is 43.6 Å². The molecule has 28 heavy (non-hydrogen) atoms. The maximum absolute atomic E-state index is 12.8. The Balaban J connectivity index is 1.67. The highest BCUT2D eigenvalue weighted by atomic mass is 16.5. The first-order valence-electron chi connectivity index (χ1n) is 10.2. The molecule has 1 atom stereocenters. The van der Waals surface area contributed by atoms with Gasteiger partial charge in [0.1, 0.15) is 11.3 Å². The van der Waals surface area contributed by atoms with Gasteiger partial charge in [0.25, 0.3) is 0 Å². The molecular formula is C19H32N6O3. The molecule has 0 aliphatic carbocycles. The molecular weight excluding hydrogens is 360 g/mol. The molecule has 1 saturated heterocycles. The number of carbonyl (C=O) groups excluding carboxylic acids is 2. The van der Waals surface area contributed by atoms with E-state index in [4.69, 9.17) is 4.74 Å². The summed E-state index contributed by atoms with van der Waals surface area (Å²) in [4.78, 5) is 28.0. The van der Waals surface area contributed by atoms with Crippen molar-refractivity contribution in [3.63, 3.8) is 0 Å². The van der Waals surface area contributed by atoms with Crippen molar-refractivity contribution in [2.24, 2.45) is 5.92 Å². The Morgan fingerprint density at radius 2 is 2.04 bits per heavy atom. The normalized spacial score (nSPS) is 21.7. The van der Waals surface area contributed by atoms with Crippen LogP contribution in [0.15, 0.2) is 0 Å². The fraction of sp³-hybridized carbons (Fsp3) is 0.789. The lowest BCUT2D eigenvalue weighted by atomic mass is 9.89. The van der Waals surface area contributed by atoms with E-state index in [1.165, 1.54) is 4.90 Å². The van der Waals surface area contributed by atoms with E-state index in [1.54, 1.807) is 14.1 Å². The third-order valence-corrected chi connectivity index (χ3v) is 5.87. The number of hydrogen-bond acceptors (Lipinski definition) is 5. The van der Waals surface area contributed by atoms with Crippen LogP contribution in [0.2, 0.25) is 0 Å². The molecule has 1 N–H and O–H groups in total. The van der Waals surface area contributed by atoms with Crippen molar-refractivity contribution in [1.82, 2.24) is 30.1 Å². The van der Waals surface area contributed by atoms with E-state index in [1.807, 2.05) is 9.58 Å². The average molecular weight is 393 g/mol. The Morgan fingerprint density at radius 1 is 1.29 bits per heavy atom. The summed E-state index contributed by atoms with van der Waals surface area (Å²) >= 11 is 0. The average Bonchev–Trinajstić information content (AvgIpc) is 3.08. The highest BCUT2D eigenvalue weighted by molar-refractivity contribution is 5.79. The molecule has 1 spiro atoms. The summed E-state index contributed by atoms with van der Waals surface area (Å²) in [5.74, 6) is 0.330. The lowest BCUT2D eigenvalue weighted by Gasteiger charge is -2.45. The van der Waals surface area contributed by atoms with Crippen molar-refractivity contribution < 1.29 is 14.3 Å². The second kappa shape index (κ2) is 8.46. The van der Waals surface area contributed by atoms with Crippen molar-refractivity contribution in [2.75, 3.05) is 27.2 Å². The van der Waals surface area contributed by atoms with Crippen LogP contribution in [0.5, 0.6) is 0 Å². The molecule has 0 radical (unpaired) electrons. The predicted octanol–water partition coefficient (Wildman–Crippen LogP) is 1.38. The summed E-state index contributed by atoms with van der Waals surface area (Å²) in [6.07, 6.45) is 3.58. The molecule has 2 aliphatic rings. The van der Waals surface area contributed by atoms with Gasteiger partial charge in [-0.2, -0.15) is 0 Å². The van der Waals surface area contributed by atoms with Crippen LogP contribution in [0.25, 0.3) is 0 Å². The van der Waals surface area contributed by atoms with Crippen LogP contribution in [0.4, 0.5) is 4.79 Å². The summed E-state index contributed by atoms with van der Waals surface area (Å²) in [6.45, 7) is 6.85. The minimum absolute atomic E-state index is 0.0904. The van der Waals surface area contributed by atoms with Crippen LogP contribution >= 0.6 is 0 Å². The van der Waals surface area contributed by atoms with Crippen LogP contribution in [-0.2, 0) is 29.2 Å². The minimum atomic E-state index is -0.398. The zero-order valence-corrected chi connectivity index (χ0v) is 17.4. The Hall–Kier alpha value is -2.16. The summed E-state index contributed by atoms with van der Waals surface area (Å²) < 4.78 is 8.18. The fourth-order valence-electron chi connectivity index (χ4n) is 4.08. The first-order chi connectivity index (χ1) is 13.4. The van der Waals surface area contributed by atoms with Gasteiger partial charge >= 0.3 is 6.03 Å². The Labute approximate surface area is 166 Å². The zero-order valence-electron chi connectivity index (χ0n) is 17.4. The molecule has 3 rings (SSSR count). The summed E-state index contributed by atoms with van der Waals surface area (Å²) in [5, 5.41) is 11.3. The zero-order chi connectivity index (χ0) is 20.3. The van der Waals surface area contributed by atoms with Gasteiger partial charge in [0.05, 0.1) is 31.9 Å². The molecule has 2 aliphatic heterocycles. The molecule has 1 aromatic heterocycles. The van der Waals surface area contributed by atoms with Crippen molar-refractivity contribution in [3.8, 4) is 0 Å². The smallest absolute Gasteiger partial charge is 0.317 e. The van der Waals surface area contributed by atoms with Gasteiger partial charge in [-0.25, -0.2) is 9.48 Å². The second-order valence-electron chi connectivity index (χ2n) is 8.04. The third-order valence-electron chi connectivity index (χ3n) is 5.87. The molecule has 0 bridgehead atoms. The summed E-state index contributed by atoms with van der Waals surface area (Å²) in [6, 6.07) is -0.169. The Morgan fingerprint density at radius 3 is 2.71 bits per heavy atom. The maximum atomic E-state index is 12.8. The van der Waals surface area contributed by atoms with Gasteiger partial charge in [-0.15, -0.1) is 5.10 Å². The number of carbonyl (C=O) groups is 2. The number of nitrogens with zero attached hydrogens (tertiary/aromatic N) is 5. The number of piperidine rings is 1. The van der Waals surface area contributed by atoms with E-state index in [2.05, 4.69) is 29.5 Å². The first kappa shape index (κ1) is 20.6. The van der Waals surface area contributed by atoms with Crippen LogP contribution in [0, 0.1) is 5.92 Å². The molecule has 3 heterocycles. The molecule has 156 valence electrons. The number of ether oxygens (including phenoxy) is 1. The summed E-state index contributed by atoms with van der Waals surface area (Å²) in [7, 11) is 3.39. The van der Waals surface area contributed by atoms with Crippen molar-refractivity contribution >= 4 is 11.9 Å². The quantitative estimate of drug-likeness (QED) is 0.817. The van der Waals surface area contributed by atoms with E-state index >= 15 is 0 Å². The lowest BCUT2D eigenvalue weighted by molar-refractivity contribution is -0.156. The fourth-order valence-corrected chi connectivity index (χ4v) is 4.08. The highest BCUT2D eigenvalue weighted by Crippen LogP contribution is 2.33. The van der Waals surface area contributed by atoms with Gasteiger partial charge in [0, 0.05) is 26.6 Å². The van der Waals surface area contributed by atoms with E-state index in [-0.39, 0.29) is 17.9 Å². The highest BCUT2D eigenvalue weighted by Gasteiger charge is 2.43. The molecule has 9 nitrogen and oxygen atoms in total. The van der Waals surface area contributed by atoms with Gasteiger partial charge in [0.2, 0.25) is 5.91 Å². The third kappa shape index (κ3) is 4.14. The Kier molecular flexibility index (Phi) is 6.22. The molecule has 1 fully saturated rings. The number of nitrogens with one attached hydrogen (secondary N) is 1. The van der Waals surface area contributed by atoms with Gasteiger partial charge in [0.15, 0.2) is 0 Å². The number of urea groups is 1. The van der Waals surface area contributed by atoms with Crippen molar-refractivity contribution in [1.29, 1.82) is 0 Å². The summed E-state index contributed by atoms with van der Waals surface area (Å²) in [5.41, 5.74) is 1.23. The van der Waals surface area contributed by atoms with Crippen LogP contribution in [-0.4, -0.2) is 69.5 Å². The molecule has 3 amide bonds. The van der Waals surface area contributed by atoms with Crippen molar-refractivity contribution in [2.45, 2.75) is 64.8 Å². The molecule has 9 heteroatoms. The van der Waals surface area contributed by atoms with E-state index < -0.39 is 5.60 Å². The maximum Gasteiger partial charge on any atom is 0.317 e. The van der Waals surface area contributed by atoms with Gasteiger partial charge < -0.3 is 19.9 Å². The second-order valence-corrected chi connectivity index (χ2v) is 8.04. The van der Waals surface area contributed by atoms with Crippen LogP contribution in [0.1, 0.15) is 50.9 Å². The largest absolute Gasteiger partial charge is 0.365 e. The minimum Gasteiger partial charge on any atom is -0.365 e. The number of fused-ring (bicyclic) bond motifs is 1. The molecule has 1 unspecified atom stereocenters. The van der Waals surface area contributed by atoms with Crippen LogP contribution < -0.4 is 5.32 Å².